The van der Waals surface area contributed by atoms with Crippen LogP contribution in [0, 0.1) is 5.92 Å². The van der Waals surface area contributed by atoms with Gasteiger partial charge in [0.25, 0.3) is 0 Å². The van der Waals surface area contributed by atoms with Crippen LogP contribution in [0.15, 0.2) is 0 Å². The molecule has 0 saturated heterocycles. The Bertz CT molecular complexity index is 284. The number of urea groups is 1. The van der Waals surface area contributed by atoms with Gasteiger partial charge in [-0.05, 0) is 19.3 Å². The molecule has 0 aromatic heterocycles. The van der Waals surface area contributed by atoms with Gasteiger partial charge in [0.2, 0.25) is 0 Å². The smallest absolute Gasteiger partial charge is 0.317 e. The van der Waals surface area contributed by atoms with E-state index in [0.717, 1.165) is 6.42 Å². The summed E-state index contributed by atoms with van der Waals surface area (Å²) < 4.78 is 5.00. The molecule has 6 heteroatoms. The third-order valence-corrected chi connectivity index (χ3v) is 3.04. The summed E-state index contributed by atoms with van der Waals surface area (Å²) in [6.07, 6.45) is 0.920. The largest absolute Gasteiger partial charge is 0.481 e. The van der Waals surface area contributed by atoms with E-state index in [0.29, 0.717) is 19.7 Å². The number of hydrogen-bond acceptors (Lipinski definition) is 3. The van der Waals surface area contributed by atoms with Gasteiger partial charge in [-0.3, -0.25) is 4.79 Å². The Balaban J connectivity index is 4.27. The topological polar surface area (TPSA) is 78.9 Å². The number of carbonyl (C=O) groups is 2. The van der Waals surface area contributed by atoms with E-state index in [9.17, 15) is 9.59 Å². The van der Waals surface area contributed by atoms with Crippen LogP contribution < -0.4 is 5.32 Å². The maximum absolute atomic E-state index is 12.1. The van der Waals surface area contributed by atoms with Crippen LogP contribution >= 0.6 is 0 Å². The molecule has 0 saturated carbocycles. The Morgan fingerprint density at radius 3 is 2.47 bits per heavy atom. The lowest BCUT2D eigenvalue weighted by Crippen LogP contribution is -2.47. The lowest BCUT2D eigenvalue weighted by Gasteiger charge is -2.29. The van der Waals surface area contributed by atoms with E-state index < -0.39 is 5.97 Å². The third kappa shape index (κ3) is 7.66. The first kappa shape index (κ1) is 17.7. The lowest BCUT2D eigenvalue weighted by atomic mass is 10.1. The molecule has 0 radical (unpaired) electrons. The molecule has 0 aliphatic heterocycles. The van der Waals surface area contributed by atoms with Crippen LogP contribution in [0.2, 0.25) is 0 Å². The third-order valence-electron chi connectivity index (χ3n) is 3.04. The number of carboxylic acids is 1. The first-order chi connectivity index (χ1) is 8.92. The van der Waals surface area contributed by atoms with Gasteiger partial charge in [-0.25, -0.2) is 4.79 Å². The fourth-order valence-corrected chi connectivity index (χ4v) is 1.67. The number of nitrogens with zero attached hydrogens (tertiary/aromatic N) is 1. The van der Waals surface area contributed by atoms with E-state index in [4.69, 9.17) is 9.84 Å². The summed E-state index contributed by atoms with van der Waals surface area (Å²) in [6.45, 7) is 7.19. The molecule has 0 aromatic rings. The van der Waals surface area contributed by atoms with Crippen molar-refractivity contribution in [2.24, 2.45) is 5.92 Å². The number of ether oxygens (including phenoxy) is 1. The molecule has 0 spiro atoms. The van der Waals surface area contributed by atoms with Gasteiger partial charge in [0.1, 0.15) is 0 Å². The van der Waals surface area contributed by atoms with E-state index >= 15 is 0 Å². The van der Waals surface area contributed by atoms with Gasteiger partial charge in [-0.1, -0.05) is 13.8 Å². The van der Waals surface area contributed by atoms with Crippen LogP contribution in [0.25, 0.3) is 0 Å². The zero-order valence-electron chi connectivity index (χ0n) is 12.3. The van der Waals surface area contributed by atoms with Crippen LogP contribution in [-0.4, -0.2) is 54.9 Å². The second-order valence-corrected chi connectivity index (χ2v) is 4.83. The molecule has 2 N–H and O–H groups in total. The van der Waals surface area contributed by atoms with E-state index in [1.54, 1.807) is 18.9 Å². The van der Waals surface area contributed by atoms with Crippen LogP contribution in [-0.2, 0) is 9.53 Å². The molecule has 6 nitrogen and oxygen atoms in total. The van der Waals surface area contributed by atoms with Crippen molar-refractivity contribution in [3.05, 3.63) is 0 Å². The number of aliphatic carboxylic acids is 1. The van der Waals surface area contributed by atoms with Crippen LogP contribution in [0.5, 0.6) is 0 Å². The minimum Gasteiger partial charge on any atom is -0.481 e. The SMILES string of the molecule is CCC(C)N(CCOC)C(=O)NCC(C)CC(=O)O. The van der Waals surface area contributed by atoms with Gasteiger partial charge < -0.3 is 20.1 Å². The van der Waals surface area contributed by atoms with Crippen molar-refractivity contribution >= 4 is 12.0 Å². The van der Waals surface area contributed by atoms with Gasteiger partial charge in [-0.15, -0.1) is 0 Å². The fourth-order valence-electron chi connectivity index (χ4n) is 1.67. The number of amides is 2. The number of carbonyl (C=O) groups excluding carboxylic acids is 1. The molecule has 0 fully saturated rings. The summed E-state index contributed by atoms with van der Waals surface area (Å²) in [5.74, 6) is -0.928. The summed E-state index contributed by atoms with van der Waals surface area (Å²) >= 11 is 0. The number of methoxy groups -OCH3 is 1. The summed E-state index contributed by atoms with van der Waals surface area (Å²) in [6, 6.07) is -0.0337. The van der Waals surface area contributed by atoms with Gasteiger partial charge in [0.15, 0.2) is 0 Å². The molecule has 112 valence electrons. The van der Waals surface area contributed by atoms with E-state index in [-0.39, 0.29) is 24.4 Å². The standard InChI is InChI=1S/C13H26N2O4/c1-5-11(3)15(6-7-19-4)13(18)14-9-10(2)8-12(16)17/h10-11H,5-9H2,1-4H3,(H,14,18)(H,16,17). The predicted octanol–water partition coefficient (Wildman–Crippen LogP) is 1.55. The van der Waals surface area contributed by atoms with Crippen molar-refractivity contribution in [3.8, 4) is 0 Å². The minimum absolute atomic E-state index is 0.0572. The first-order valence-electron chi connectivity index (χ1n) is 6.67. The number of rotatable bonds is 9. The van der Waals surface area contributed by atoms with Crippen molar-refractivity contribution in [2.75, 3.05) is 26.8 Å². The van der Waals surface area contributed by atoms with Crippen molar-refractivity contribution in [2.45, 2.75) is 39.7 Å². The van der Waals surface area contributed by atoms with Crippen LogP contribution in [0.4, 0.5) is 4.79 Å². The summed E-state index contributed by atoms with van der Waals surface area (Å²) in [5.41, 5.74) is 0. The van der Waals surface area contributed by atoms with Crippen LogP contribution in [0.3, 0.4) is 0 Å². The Morgan fingerprint density at radius 2 is 2.00 bits per heavy atom. The maximum atomic E-state index is 12.1. The maximum Gasteiger partial charge on any atom is 0.317 e. The Morgan fingerprint density at radius 1 is 1.37 bits per heavy atom. The van der Waals surface area contributed by atoms with Crippen molar-refractivity contribution in [1.29, 1.82) is 0 Å². The molecule has 0 aromatic carbocycles. The first-order valence-corrected chi connectivity index (χ1v) is 6.67. The van der Waals surface area contributed by atoms with E-state index in [1.165, 1.54) is 0 Å². The molecule has 0 aliphatic carbocycles. The predicted molar refractivity (Wildman–Crippen MR) is 73.2 cm³/mol. The number of nitrogens with one attached hydrogen (secondary N) is 1. The number of carboxylic acid groups (broad SMARTS) is 1. The molecule has 0 heterocycles. The molecule has 0 rings (SSSR count). The molecule has 19 heavy (non-hydrogen) atoms. The zero-order chi connectivity index (χ0) is 14.8. The monoisotopic (exact) mass is 274 g/mol. The van der Waals surface area contributed by atoms with Gasteiger partial charge in [0.05, 0.1) is 6.61 Å². The minimum atomic E-state index is -0.847. The highest BCUT2D eigenvalue weighted by Gasteiger charge is 2.19. The molecule has 0 aliphatic rings. The highest BCUT2D eigenvalue weighted by Crippen LogP contribution is 2.05. The molecular formula is C13H26N2O4. The average molecular weight is 274 g/mol. The fraction of sp³-hybridized carbons (Fsp3) is 0.846. The Hall–Kier alpha value is -1.30. The van der Waals surface area contributed by atoms with Gasteiger partial charge in [-0.2, -0.15) is 0 Å². The second-order valence-electron chi connectivity index (χ2n) is 4.83. The van der Waals surface area contributed by atoms with Crippen molar-refractivity contribution in [3.63, 3.8) is 0 Å². The van der Waals surface area contributed by atoms with E-state index in [2.05, 4.69) is 5.32 Å². The molecule has 2 amide bonds. The van der Waals surface area contributed by atoms with Gasteiger partial charge >= 0.3 is 12.0 Å². The summed E-state index contributed by atoms with van der Waals surface area (Å²) in [5, 5.41) is 11.4. The molecule has 2 atom stereocenters. The normalized spacial score (nSPS) is 13.7. The average Bonchev–Trinajstić information content (AvgIpc) is 2.35. The lowest BCUT2D eigenvalue weighted by molar-refractivity contribution is -0.137. The second kappa shape index (κ2) is 9.61. The highest BCUT2D eigenvalue weighted by atomic mass is 16.5. The molecule has 0 bridgehead atoms. The molecule has 2 unspecified atom stereocenters. The summed E-state index contributed by atoms with van der Waals surface area (Å²) in [7, 11) is 1.60. The molecular weight excluding hydrogens is 248 g/mol. The van der Waals surface area contributed by atoms with Crippen molar-refractivity contribution < 1.29 is 19.4 Å². The van der Waals surface area contributed by atoms with Crippen molar-refractivity contribution in [1.82, 2.24) is 10.2 Å². The van der Waals surface area contributed by atoms with Crippen LogP contribution in [0.1, 0.15) is 33.6 Å². The highest BCUT2D eigenvalue weighted by molar-refractivity contribution is 5.74. The van der Waals surface area contributed by atoms with Gasteiger partial charge in [0, 0.05) is 32.7 Å². The Labute approximate surface area is 115 Å². The zero-order valence-corrected chi connectivity index (χ0v) is 12.3. The number of hydrogen-bond donors (Lipinski definition) is 2. The quantitative estimate of drug-likeness (QED) is 0.668. The summed E-state index contributed by atoms with van der Waals surface area (Å²) in [4.78, 5) is 24.3. The Kier molecular flexibility index (Phi) is 8.95. The van der Waals surface area contributed by atoms with E-state index in [1.807, 2.05) is 13.8 Å².